The van der Waals surface area contributed by atoms with Crippen LogP contribution in [0.15, 0.2) is 33.7 Å². The lowest BCUT2D eigenvalue weighted by Crippen LogP contribution is -2.42. The van der Waals surface area contributed by atoms with Crippen molar-refractivity contribution in [3.8, 4) is 11.3 Å². The summed E-state index contributed by atoms with van der Waals surface area (Å²) in [6, 6.07) is 5.19. The summed E-state index contributed by atoms with van der Waals surface area (Å²) in [5.41, 5.74) is 1.31. The molecule has 0 bridgehead atoms. The number of oxazole rings is 1. The van der Waals surface area contributed by atoms with Gasteiger partial charge in [-0.15, -0.1) is 10.2 Å². The summed E-state index contributed by atoms with van der Waals surface area (Å²) in [6.45, 7) is 4.12. The summed E-state index contributed by atoms with van der Waals surface area (Å²) >= 11 is 0. The van der Waals surface area contributed by atoms with E-state index in [0.29, 0.717) is 28.6 Å². The average Bonchev–Trinajstić information content (AvgIpc) is 3.34. The first-order chi connectivity index (χ1) is 12.9. The Hall–Kier alpha value is -2.63. The number of tetrazole rings is 1. The minimum absolute atomic E-state index is 0.118. The Labute approximate surface area is 155 Å². The lowest BCUT2D eigenvalue weighted by molar-refractivity contribution is -0.00751. The maximum atomic E-state index is 13.3. The molecule has 0 spiro atoms. The van der Waals surface area contributed by atoms with Crippen molar-refractivity contribution in [1.29, 1.82) is 0 Å². The summed E-state index contributed by atoms with van der Waals surface area (Å²) < 4.78 is 39.0. The molecule has 1 aromatic carbocycles. The third-order valence-corrected chi connectivity index (χ3v) is 6.40. The Morgan fingerprint density at radius 1 is 1.30 bits per heavy atom. The number of aromatic amines is 1. The van der Waals surface area contributed by atoms with Gasteiger partial charge in [0.2, 0.25) is 15.8 Å². The van der Waals surface area contributed by atoms with Crippen LogP contribution < -0.4 is 0 Å². The van der Waals surface area contributed by atoms with Crippen molar-refractivity contribution in [3.05, 3.63) is 41.7 Å². The third-order valence-electron chi connectivity index (χ3n) is 4.39. The predicted octanol–water partition coefficient (Wildman–Crippen LogP) is 1.23. The standard InChI is InChI=1S/C16H18N6O4S/c1-10-3-4-12(13-8-17-11(2)26-13)7-15(10)27(23,24)22-5-6-25-14(9-22)16-18-20-21-19-16/h3-4,7-8,14H,5-6,9H2,1-2H3,(H,18,19,20,21). The van der Waals surface area contributed by atoms with Gasteiger partial charge >= 0.3 is 0 Å². The second-order valence-corrected chi connectivity index (χ2v) is 8.12. The van der Waals surface area contributed by atoms with E-state index in [9.17, 15) is 8.42 Å². The maximum Gasteiger partial charge on any atom is 0.243 e. The first-order valence-electron chi connectivity index (χ1n) is 8.33. The number of nitrogens with one attached hydrogen (secondary N) is 1. The summed E-state index contributed by atoms with van der Waals surface area (Å²) in [4.78, 5) is 4.29. The van der Waals surface area contributed by atoms with Crippen molar-refractivity contribution < 1.29 is 17.6 Å². The van der Waals surface area contributed by atoms with Gasteiger partial charge in [-0.05, 0) is 18.6 Å². The van der Waals surface area contributed by atoms with Gasteiger partial charge in [0.05, 0.1) is 17.7 Å². The smallest absolute Gasteiger partial charge is 0.243 e. The van der Waals surface area contributed by atoms with Crippen LogP contribution in [0.3, 0.4) is 0 Å². The van der Waals surface area contributed by atoms with Crippen LogP contribution in [0.25, 0.3) is 11.3 Å². The molecule has 142 valence electrons. The molecule has 3 heterocycles. The average molecular weight is 390 g/mol. The monoisotopic (exact) mass is 390 g/mol. The van der Waals surface area contributed by atoms with E-state index in [1.807, 2.05) is 6.07 Å². The van der Waals surface area contributed by atoms with Gasteiger partial charge in [0.1, 0.15) is 6.10 Å². The second kappa shape index (κ2) is 6.83. The Morgan fingerprint density at radius 3 is 2.85 bits per heavy atom. The summed E-state index contributed by atoms with van der Waals surface area (Å²) in [5.74, 6) is 1.37. The van der Waals surface area contributed by atoms with E-state index in [0.717, 1.165) is 0 Å². The fraction of sp³-hybridized carbons (Fsp3) is 0.375. The zero-order valence-electron chi connectivity index (χ0n) is 14.8. The van der Waals surface area contributed by atoms with E-state index in [1.54, 1.807) is 32.2 Å². The summed E-state index contributed by atoms with van der Waals surface area (Å²) in [7, 11) is -3.74. The van der Waals surface area contributed by atoms with E-state index >= 15 is 0 Å². The van der Waals surface area contributed by atoms with Gasteiger partial charge in [-0.1, -0.05) is 17.3 Å². The van der Waals surface area contributed by atoms with Gasteiger partial charge in [-0.2, -0.15) is 9.52 Å². The molecule has 1 fully saturated rings. The number of aryl methyl sites for hydroxylation is 2. The van der Waals surface area contributed by atoms with Crippen LogP contribution >= 0.6 is 0 Å². The molecule has 1 unspecified atom stereocenters. The molecule has 1 N–H and O–H groups in total. The second-order valence-electron chi connectivity index (χ2n) is 6.22. The minimum Gasteiger partial charge on any atom is -0.441 e. The number of aromatic nitrogens is 5. The SMILES string of the molecule is Cc1ncc(-c2ccc(C)c(S(=O)(=O)N3CCOC(c4nn[nH]n4)C3)c2)o1. The number of rotatable bonds is 4. The molecule has 10 nitrogen and oxygen atoms in total. The van der Waals surface area contributed by atoms with Crippen LogP contribution in [0.4, 0.5) is 0 Å². The number of nitrogens with zero attached hydrogens (tertiary/aromatic N) is 5. The van der Waals surface area contributed by atoms with Gasteiger partial charge in [0, 0.05) is 25.6 Å². The van der Waals surface area contributed by atoms with Crippen LogP contribution in [0.1, 0.15) is 23.4 Å². The first kappa shape index (κ1) is 17.8. The van der Waals surface area contributed by atoms with Crippen LogP contribution in [-0.2, 0) is 14.8 Å². The molecule has 0 saturated carbocycles. The topological polar surface area (TPSA) is 127 Å². The van der Waals surface area contributed by atoms with E-state index < -0.39 is 16.1 Å². The van der Waals surface area contributed by atoms with Crippen LogP contribution in [0.5, 0.6) is 0 Å². The Balaban J connectivity index is 1.67. The van der Waals surface area contributed by atoms with Crippen LogP contribution in [0, 0.1) is 13.8 Å². The first-order valence-corrected chi connectivity index (χ1v) is 9.78. The fourth-order valence-electron chi connectivity index (χ4n) is 2.97. The molecule has 1 aliphatic rings. The predicted molar refractivity (Wildman–Crippen MR) is 93.0 cm³/mol. The molecule has 1 atom stereocenters. The molecular formula is C16H18N6O4S. The Bertz CT molecular complexity index is 1050. The van der Waals surface area contributed by atoms with Gasteiger partial charge < -0.3 is 9.15 Å². The quantitative estimate of drug-likeness (QED) is 0.705. The number of ether oxygens (including phenoxy) is 1. The molecular weight excluding hydrogens is 372 g/mol. The number of benzene rings is 1. The van der Waals surface area contributed by atoms with Gasteiger partial charge in [0.25, 0.3) is 0 Å². The molecule has 1 aliphatic heterocycles. The van der Waals surface area contributed by atoms with Gasteiger partial charge in [0.15, 0.2) is 11.7 Å². The highest BCUT2D eigenvalue weighted by molar-refractivity contribution is 7.89. The third kappa shape index (κ3) is 3.36. The minimum atomic E-state index is -3.74. The lowest BCUT2D eigenvalue weighted by Gasteiger charge is -2.31. The highest BCUT2D eigenvalue weighted by Gasteiger charge is 2.34. The Kier molecular flexibility index (Phi) is 4.50. The normalized spacial score (nSPS) is 18.7. The van der Waals surface area contributed by atoms with Crippen molar-refractivity contribution >= 4 is 10.0 Å². The number of hydrogen-bond donors (Lipinski definition) is 1. The molecule has 2 aromatic heterocycles. The molecule has 4 rings (SSSR count). The molecule has 0 amide bonds. The molecule has 0 radical (unpaired) electrons. The molecule has 11 heteroatoms. The zero-order valence-corrected chi connectivity index (χ0v) is 15.6. The van der Waals surface area contributed by atoms with Crippen LogP contribution in [-0.4, -0.2) is 58.0 Å². The fourth-order valence-corrected chi connectivity index (χ4v) is 4.65. The highest BCUT2D eigenvalue weighted by atomic mass is 32.2. The van der Waals surface area contributed by atoms with Crippen LogP contribution in [0.2, 0.25) is 0 Å². The van der Waals surface area contributed by atoms with E-state index in [2.05, 4.69) is 25.6 Å². The zero-order chi connectivity index (χ0) is 19.0. The molecule has 1 saturated heterocycles. The summed E-state index contributed by atoms with van der Waals surface area (Å²) in [5, 5.41) is 13.6. The van der Waals surface area contributed by atoms with E-state index in [-0.39, 0.29) is 24.6 Å². The van der Waals surface area contributed by atoms with Crippen molar-refractivity contribution in [3.63, 3.8) is 0 Å². The highest BCUT2D eigenvalue weighted by Crippen LogP contribution is 2.30. The number of H-pyrrole nitrogens is 1. The summed E-state index contributed by atoms with van der Waals surface area (Å²) in [6.07, 6.45) is 1.02. The van der Waals surface area contributed by atoms with Crippen molar-refractivity contribution in [2.45, 2.75) is 24.8 Å². The maximum absolute atomic E-state index is 13.3. The number of hydrogen-bond acceptors (Lipinski definition) is 8. The number of morpholine rings is 1. The lowest BCUT2D eigenvalue weighted by atomic mass is 10.1. The van der Waals surface area contributed by atoms with Crippen molar-refractivity contribution in [1.82, 2.24) is 29.9 Å². The van der Waals surface area contributed by atoms with Gasteiger partial charge in [-0.3, -0.25) is 0 Å². The number of sulfonamides is 1. The van der Waals surface area contributed by atoms with E-state index in [4.69, 9.17) is 9.15 Å². The van der Waals surface area contributed by atoms with Crippen molar-refractivity contribution in [2.24, 2.45) is 0 Å². The van der Waals surface area contributed by atoms with E-state index in [1.165, 1.54) is 4.31 Å². The largest absolute Gasteiger partial charge is 0.441 e. The molecule has 3 aromatic rings. The van der Waals surface area contributed by atoms with Gasteiger partial charge in [-0.25, -0.2) is 13.4 Å². The van der Waals surface area contributed by atoms with Crippen molar-refractivity contribution in [2.75, 3.05) is 19.7 Å². The Morgan fingerprint density at radius 2 is 2.15 bits per heavy atom. The molecule has 27 heavy (non-hydrogen) atoms. The molecule has 0 aliphatic carbocycles.